The molecule has 1 heterocycles. The number of halogens is 4. The van der Waals surface area contributed by atoms with E-state index in [4.69, 9.17) is 11.6 Å². The number of rotatable bonds is 2. The Morgan fingerprint density at radius 1 is 1.19 bits per heavy atom. The van der Waals surface area contributed by atoms with Crippen LogP contribution in [0.4, 0.5) is 13.2 Å². The number of nitrogens with zero attached hydrogens (tertiary/aromatic N) is 1. The van der Waals surface area contributed by atoms with Gasteiger partial charge in [-0.1, -0.05) is 17.7 Å². The van der Waals surface area contributed by atoms with E-state index in [-0.39, 0.29) is 5.15 Å². The Morgan fingerprint density at radius 3 is 2.48 bits per heavy atom. The van der Waals surface area contributed by atoms with Crippen molar-refractivity contribution in [3.05, 3.63) is 28.5 Å². The van der Waals surface area contributed by atoms with Crippen molar-refractivity contribution in [2.24, 2.45) is 11.8 Å². The van der Waals surface area contributed by atoms with E-state index in [1.54, 1.807) is 0 Å². The van der Waals surface area contributed by atoms with Crippen LogP contribution < -0.4 is 0 Å². The molecule has 2 saturated carbocycles. The van der Waals surface area contributed by atoms with Crippen molar-refractivity contribution < 1.29 is 18.3 Å². The van der Waals surface area contributed by atoms with Crippen LogP contribution in [0.15, 0.2) is 12.1 Å². The van der Waals surface area contributed by atoms with E-state index in [0.29, 0.717) is 30.2 Å². The van der Waals surface area contributed by atoms with Crippen LogP contribution in [-0.4, -0.2) is 10.1 Å². The highest BCUT2D eigenvalue weighted by Crippen LogP contribution is 2.50. The Labute approximate surface area is 126 Å². The first kappa shape index (κ1) is 15.1. The topological polar surface area (TPSA) is 33.1 Å². The number of pyridine rings is 1. The molecular formula is C15H17ClF3NO. The number of hydrogen-bond donors (Lipinski definition) is 1. The minimum absolute atomic E-state index is 0.233. The molecule has 6 heteroatoms. The summed E-state index contributed by atoms with van der Waals surface area (Å²) in [5.41, 5.74) is -1.82. The van der Waals surface area contributed by atoms with Crippen molar-refractivity contribution in [2.45, 2.75) is 50.3 Å². The third-order valence-corrected chi connectivity index (χ3v) is 4.98. The fourth-order valence-electron chi connectivity index (χ4n) is 3.45. The summed E-state index contributed by atoms with van der Waals surface area (Å²) in [6.07, 6.45) is 0.925. The highest BCUT2D eigenvalue weighted by molar-refractivity contribution is 6.30. The lowest BCUT2D eigenvalue weighted by Crippen LogP contribution is -2.34. The molecule has 3 rings (SSSR count). The van der Waals surface area contributed by atoms with E-state index >= 15 is 0 Å². The first-order valence-electron chi connectivity index (χ1n) is 7.26. The molecule has 116 valence electrons. The molecule has 2 atom stereocenters. The first-order valence-corrected chi connectivity index (χ1v) is 7.64. The number of alkyl halides is 3. The Kier molecular flexibility index (Phi) is 3.69. The molecule has 1 aromatic heterocycles. The van der Waals surface area contributed by atoms with Crippen molar-refractivity contribution in [2.75, 3.05) is 0 Å². The zero-order valence-electron chi connectivity index (χ0n) is 11.5. The van der Waals surface area contributed by atoms with Crippen molar-refractivity contribution in [3.8, 4) is 0 Å². The maximum absolute atomic E-state index is 12.6. The highest BCUT2D eigenvalue weighted by atomic mass is 35.5. The average molecular weight is 320 g/mol. The van der Waals surface area contributed by atoms with E-state index < -0.39 is 17.5 Å². The van der Waals surface area contributed by atoms with Gasteiger partial charge in [-0.2, -0.15) is 13.2 Å². The quantitative estimate of drug-likeness (QED) is 0.812. The molecule has 2 aliphatic carbocycles. The van der Waals surface area contributed by atoms with Gasteiger partial charge in [0, 0.05) is 5.56 Å². The van der Waals surface area contributed by atoms with E-state index in [0.717, 1.165) is 18.9 Å². The molecule has 0 amide bonds. The largest absolute Gasteiger partial charge is 0.433 e. The maximum Gasteiger partial charge on any atom is 0.433 e. The molecular weight excluding hydrogens is 303 g/mol. The van der Waals surface area contributed by atoms with Crippen LogP contribution in [0.5, 0.6) is 0 Å². The summed E-state index contributed by atoms with van der Waals surface area (Å²) in [7, 11) is 0. The predicted octanol–water partition coefficient (Wildman–Crippen LogP) is 4.54. The molecule has 0 radical (unpaired) electrons. The Bertz CT molecular complexity index is 544. The number of hydrogen-bond acceptors (Lipinski definition) is 2. The normalized spacial score (nSPS) is 30.4. The molecule has 0 saturated heterocycles. The van der Waals surface area contributed by atoms with Crippen LogP contribution in [-0.2, 0) is 11.8 Å². The van der Waals surface area contributed by atoms with Gasteiger partial charge in [0.1, 0.15) is 10.8 Å². The van der Waals surface area contributed by atoms with Gasteiger partial charge in [-0.25, -0.2) is 4.98 Å². The second kappa shape index (κ2) is 5.13. The van der Waals surface area contributed by atoms with Gasteiger partial charge in [-0.05, 0) is 56.4 Å². The molecule has 0 bridgehead atoms. The lowest BCUT2D eigenvalue weighted by atomic mass is 9.73. The van der Waals surface area contributed by atoms with E-state index in [1.807, 2.05) is 0 Å². The molecule has 0 aromatic carbocycles. The second-order valence-electron chi connectivity index (χ2n) is 6.26. The van der Waals surface area contributed by atoms with Gasteiger partial charge in [-0.3, -0.25) is 0 Å². The van der Waals surface area contributed by atoms with E-state index in [9.17, 15) is 18.3 Å². The molecule has 0 spiro atoms. The summed E-state index contributed by atoms with van der Waals surface area (Å²) in [4.78, 5) is 3.43. The van der Waals surface area contributed by atoms with Crippen LogP contribution in [0.1, 0.15) is 49.8 Å². The monoisotopic (exact) mass is 319 g/mol. The summed E-state index contributed by atoms with van der Waals surface area (Å²) >= 11 is 5.93. The standard InChI is InChI=1S/C15H17ClF3NO/c16-13-11(5-6-12(20-13)15(17,18)19)14(21)7-1-2-10(8-14)9-3-4-9/h5-6,9-10,21H,1-4,7-8H2. The number of aromatic nitrogens is 1. The van der Waals surface area contributed by atoms with Crippen LogP contribution in [0.25, 0.3) is 0 Å². The SMILES string of the molecule is OC1(c2ccc(C(F)(F)F)nc2Cl)CCCC(C2CC2)C1. The van der Waals surface area contributed by atoms with Crippen LogP contribution in [0.2, 0.25) is 5.15 Å². The molecule has 2 unspecified atom stereocenters. The lowest BCUT2D eigenvalue weighted by Gasteiger charge is -2.37. The Morgan fingerprint density at radius 2 is 1.90 bits per heavy atom. The summed E-state index contributed by atoms with van der Waals surface area (Å²) in [6.45, 7) is 0. The smallest absolute Gasteiger partial charge is 0.385 e. The minimum Gasteiger partial charge on any atom is -0.385 e. The summed E-state index contributed by atoms with van der Waals surface area (Å²) in [5.74, 6) is 1.11. The third kappa shape index (κ3) is 3.04. The Hall–Kier alpha value is -0.810. The molecule has 2 fully saturated rings. The van der Waals surface area contributed by atoms with Crippen molar-refractivity contribution in [1.29, 1.82) is 0 Å². The van der Waals surface area contributed by atoms with E-state index in [1.165, 1.54) is 18.9 Å². The molecule has 21 heavy (non-hydrogen) atoms. The van der Waals surface area contributed by atoms with Crippen LogP contribution in [0, 0.1) is 11.8 Å². The van der Waals surface area contributed by atoms with Crippen molar-refractivity contribution in [1.82, 2.24) is 4.98 Å². The first-order chi connectivity index (χ1) is 9.79. The highest BCUT2D eigenvalue weighted by Gasteiger charge is 2.43. The zero-order chi connectivity index (χ0) is 15.3. The fraction of sp³-hybridized carbons (Fsp3) is 0.667. The molecule has 1 N–H and O–H groups in total. The summed E-state index contributed by atoms with van der Waals surface area (Å²) in [6, 6.07) is 2.19. The van der Waals surface area contributed by atoms with Crippen molar-refractivity contribution >= 4 is 11.6 Å². The molecule has 2 nitrogen and oxygen atoms in total. The summed E-state index contributed by atoms with van der Waals surface area (Å²) in [5, 5.41) is 10.6. The van der Waals surface area contributed by atoms with Gasteiger partial charge >= 0.3 is 6.18 Å². The summed E-state index contributed by atoms with van der Waals surface area (Å²) < 4.78 is 37.9. The second-order valence-corrected chi connectivity index (χ2v) is 6.62. The van der Waals surface area contributed by atoms with Gasteiger partial charge in [0.25, 0.3) is 0 Å². The Balaban J connectivity index is 1.88. The van der Waals surface area contributed by atoms with Gasteiger partial charge < -0.3 is 5.11 Å². The van der Waals surface area contributed by atoms with E-state index in [2.05, 4.69) is 4.98 Å². The maximum atomic E-state index is 12.6. The lowest BCUT2D eigenvalue weighted by molar-refractivity contribution is -0.141. The van der Waals surface area contributed by atoms with Gasteiger partial charge in [0.05, 0.1) is 5.60 Å². The van der Waals surface area contributed by atoms with Crippen LogP contribution >= 0.6 is 11.6 Å². The molecule has 1 aromatic rings. The predicted molar refractivity (Wildman–Crippen MR) is 72.8 cm³/mol. The molecule has 2 aliphatic rings. The van der Waals surface area contributed by atoms with Gasteiger partial charge in [0.15, 0.2) is 0 Å². The van der Waals surface area contributed by atoms with Gasteiger partial charge in [0.2, 0.25) is 0 Å². The average Bonchev–Trinajstić information content (AvgIpc) is 3.21. The molecule has 0 aliphatic heterocycles. The van der Waals surface area contributed by atoms with Crippen molar-refractivity contribution in [3.63, 3.8) is 0 Å². The number of aliphatic hydroxyl groups is 1. The van der Waals surface area contributed by atoms with Gasteiger partial charge in [-0.15, -0.1) is 0 Å². The fourth-order valence-corrected chi connectivity index (χ4v) is 3.78. The van der Waals surface area contributed by atoms with Crippen LogP contribution in [0.3, 0.4) is 0 Å². The third-order valence-electron chi connectivity index (χ3n) is 4.69. The minimum atomic E-state index is -4.52. The zero-order valence-corrected chi connectivity index (χ0v) is 12.2.